The third-order valence-electron chi connectivity index (χ3n) is 5.72. The van der Waals surface area contributed by atoms with E-state index in [9.17, 15) is 4.79 Å². The van der Waals surface area contributed by atoms with Crippen LogP contribution in [0.25, 0.3) is 17.1 Å². The quantitative estimate of drug-likeness (QED) is 0.550. The van der Waals surface area contributed by atoms with Gasteiger partial charge in [-0.15, -0.1) is 0 Å². The lowest BCUT2D eigenvalue weighted by molar-refractivity contribution is 0.0700. The second-order valence-electron chi connectivity index (χ2n) is 7.40. The Morgan fingerprint density at radius 1 is 0.964 bits per heavy atom. The molecule has 6 heteroatoms. The molecule has 0 atom stereocenters. The molecule has 0 N–H and O–H groups in total. The van der Waals surface area contributed by atoms with E-state index < -0.39 is 0 Å². The third-order valence-corrected chi connectivity index (χ3v) is 6.29. The molecule has 5 rings (SSSR count). The van der Waals surface area contributed by atoms with Gasteiger partial charge >= 0.3 is 0 Å². The Bertz CT molecular complexity index is 1050. The van der Waals surface area contributed by atoms with Crippen LogP contribution in [0.15, 0.2) is 48.5 Å². The van der Waals surface area contributed by atoms with Gasteiger partial charge in [0.2, 0.25) is 0 Å². The van der Waals surface area contributed by atoms with Gasteiger partial charge in [0.15, 0.2) is 5.69 Å². The summed E-state index contributed by atoms with van der Waals surface area (Å²) >= 11 is 12.6. The molecule has 2 aliphatic rings. The number of fused-ring (bicyclic) bond motifs is 1. The molecule has 1 aliphatic heterocycles. The fourth-order valence-electron chi connectivity index (χ4n) is 4.34. The predicted octanol–water partition coefficient (Wildman–Crippen LogP) is 5.74. The molecule has 1 aromatic heterocycles. The summed E-state index contributed by atoms with van der Waals surface area (Å²) in [6, 6.07) is 15.5. The Morgan fingerprint density at radius 2 is 1.68 bits per heavy atom. The number of hydrogen-bond donors (Lipinski definition) is 0. The van der Waals surface area contributed by atoms with Crippen molar-refractivity contribution in [1.82, 2.24) is 14.5 Å². The highest BCUT2D eigenvalue weighted by Gasteiger charge is 2.39. The van der Waals surface area contributed by atoms with Crippen molar-refractivity contribution < 1.29 is 4.79 Å². The molecule has 142 valence electrons. The molecule has 0 spiro atoms. The average molecular weight is 412 g/mol. The van der Waals surface area contributed by atoms with Gasteiger partial charge in [-0.1, -0.05) is 48.2 Å². The molecule has 1 fully saturated rings. The van der Waals surface area contributed by atoms with Crippen LogP contribution in [0.4, 0.5) is 0 Å². The van der Waals surface area contributed by atoms with Crippen LogP contribution in [-0.2, 0) is 6.54 Å². The minimum absolute atomic E-state index is 0.0305. The van der Waals surface area contributed by atoms with Crippen LogP contribution >= 0.6 is 23.2 Å². The van der Waals surface area contributed by atoms with Gasteiger partial charge in [-0.2, -0.15) is 0 Å². The van der Waals surface area contributed by atoms with Gasteiger partial charge in [0.25, 0.3) is 5.91 Å². The zero-order valence-electron chi connectivity index (χ0n) is 15.2. The Balaban J connectivity index is 1.67. The lowest BCUT2D eigenvalue weighted by Crippen LogP contribution is -2.34. The summed E-state index contributed by atoms with van der Waals surface area (Å²) < 4.78 is 2.04. The highest BCUT2D eigenvalue weighted by molar-refractivity contribution is 6.32. The number of carbonyl (C=O) groups is 1. The fraction of sp³-hybridized carbons (Fsp3) is 0.273. The van der Waals surface area contributed by atoms with Gasteiger partial charge in [0, 0.05) is 16.6 Å². The van der Waals surface area contributed by atoms with E-state index in [0.717, 1.165) is 29.8 Å². The van der Waals surface area contributed by atoms with Crippen molar-refractivity contribution >= 4 is 29.1 Å². The van der Waals surface area contributed by atoms with Gasteiger partial charge in [0.05, 0.1) is 22.9 Å². The van der Waals surface area contributed by atoms with Crippen molar-refractivity contribution in [2.24, 2.45) is 0 Å². The maximum Gasteiger partial charge on any atom is 0.275 e. The van der Waals surface area contributed by atoms with Crippen LogP contribution in [0.1, 0.15) is 41.9 Å². The van der Waals surface area contributed by atoms with E-state index in [1.54, 1.807) is 0 Å². The summed E-state index contributed by atoms with van der Waals surface area (Å²) in [6.45, 7) is 0.574. The zero-order valence-corrected chi connectivity index (χ0v) is 16.7. The number of carbonyl (C=O) groups excluding carboxylic acids is 1. The monoisotopic (exact) mass is 411 g/mol. The van der Waals surface area contributed by atoms with Crippen LogP contribution < -0.4 is 0 Å². The lowest BCUT2D eigenvalue weighted by atomic mass is 10.2. The van der Waals surface area contributed by atoms with E-state index >= 15 is 0 Å². The standard InChI is InChI=1S/C22H19Cl2N3O/c23-15-11-9-14(10-12-15)21-25-20-19(27(21)18-8-4-3-7-17(18)24)13-26(22(20)28)16-5-1-2-6-16/h3-4,7-12,16H,1-2,5-6,13H2. The number of imidazole rings is 1. The molecule has 3 aromatic rings. The molecule has 2 aromatic carbocycles. The summed E-state index contributed by atoms with van der Waals surface area (Å²) in [4.78, 5) is 19.9. The number of nitrogens with zero attached hydrogens (tertiary/aromatic N) is 3. The first-order valence-electron chi connectivity index (χ1n) is 9.57. The van der Waals surface area contributed by atoms with Gasteiger partial charge < -0.3 is 4.90 Å². The second-order valence-corrected chi connectivity index (χ2v) is 8.24. The van der Waals surface area contributed by atoms with Gasteiger partial charge in [-0.25, -0.2) is 4.98 Å². The zero-order chi connectivity index (χ0) is 19.3. The maximum absolute atomic E-state index is 13.1. The van der Waals surface area contributed by atoms with E-state index in [0.29, 0.717) is 34.2 Å². The summed E-state index contributed by atoms with van der Waals surface area (Å²) in [5.74, 6) is 0.747. The molecule has 1 aliphatic carbocycles. The molecule has 4 nitrogen and oxygen atoms in total. The molecule has 0 bridgehead atoms. The fourth-order valence-corrected chi connectivity index (χ4v) is 4.68. The van der Waals surface area contributed by atoms with Crippen LogP contribution in [0.3, 0.4) is 0 Å². The maximum atomic E-state index is 13.1. The number of amides is 1. The van der Waals surface area contributed by atoms with E-state index in [-0.39, 0.29) is 5.91 Å². The predicted molar refractivity (Wildman–Crippen MR) is 111 cm³/mol. The van der Waals surface area contributed by atoms with Crippen LogP contribution in [0.2, 0.25) is 10.0 Å². The van der Waals surface area contributed by atoms with Crippen molar-refractivity contribution in [3.63, 3.8) is 0 Å². The second kappa shape index (κ2) is 6.94. The summed E-state index contributed by atoms with van der Waals surface area (Å²) in [7, 11) is 0. The van der Waals surface area contributed by atoms with Crippen molar-refractivity contribution in [3.05, 3.63) is 70.0 Å². The number of para-hydroxylation sites is 1. The number of halogens is 2. The van der Waals surface area contributed by atoms with Crippen LogP contribution in [-0.4, -0.2) is 26.4 Å². The minimum atomic E-state index is 0.0305. The first-order valence-corrected chi connectivity index (χ1v) is 10.3. The molecule has 1 amide bonds. The Labute approximate surface area is 173 Å². The Morgan fingerprint density at radius 3 is 2.39 bits per heavy atom. The molecule has 1 saturated carbocycles. The average Bonchev–Trinajstić information content (AvgIpc) is 3.40. The smallest absolute Gasteiger partial charge is 0.275 e. The van der Waals surface area contributed by atoms with Crippen LogP contribution in [0, 0.1) is 0 Å². The lowest BCUT2D eigenvalue weighted by Gasteiger charge is -2.24. The van der Waals surface area contributed by atoms with Crippen molar-refractivity contribution in [2.75, 3.05) is 0 Å². The van der Waals surface area contributed by atoms with Crippen molar-refractivity contribution in [1.29, 1.82) is 0 Å². The first-order chi connectivity index (χ1) is 13.6. The van der Waals surface area contributed by atoms with Gasteiger partial charge in [-0.3, -0.25) is 9.36 Å². The molecule has 2 heterocycles. The summed E-state index contributed by atoms with van der Waals surface area (Å²) in [5.41, 5.74) is 3.19. The SMILES string of the molecule is O=C1c2nc(-c3ccc(Cl)cc3)n(-c3ccccc3Cl)c2CN1C1CCCC1. The van der Waals surface area contributed by atoms with Crippen molar-refractivity contribution in [2.45, 2.75) is 38.3 Å². The van der Waals surface area contributed by atoms with E-state index in [4.69, 9.17) is 28.2 Å². The number of rotatable bonds is 3. The number of hydrogen-bond acceptors (Lipinski definition) is 2. The van der Waals surface area contributed by atoms with Gasteiger partial charge in [0.1, 0.15) is 5.82 Å². The first kappa shape index (κ1) is 17.8. The highest BCUT2D eigenvalue weighted by Crippen LogP contribution is 2.37. The van der Waals surface area contributed by atoms with E-state index in [1.807, 2.05) is 58.0 Å². The van der Waals surface area contributed by atoms with E-state index in [2.05, 4.69) is 0 Å². The normalized spacial score (nSPS) is 16.8. The highest BCUT2D eigenvalue weighted by atomic mass is 35.5. The molecule has 28 heavy (non-hydrogen) atoms. The summed E-state index contributed by atoms with van der Waals surface area (Å²) in [5, 5.41) is 1.29. The Kier molecular flexibility index (Phi) is 4.41. The van der Waals surface area contributed by atoms with Crippen molar-refractivity contribution in [3.8, 4) is 17.1 Å². The molecular formula is C22H19Cl2N3O. The van der Waals surface area contributed by atoms with Gasteiger partial charge in [-0.05, 0) is 49.2 Å². The van der Waals surface area contributed by atoms with Crippen LogP contribution in [0.5, 0.6) is 0 Å². The Hall–Kier alpha value is -2.30. The summed E-state index contributed by atoms with van der Waals surface area (Å²) in [6.07, 6.45) is 4.53. The largest absolute Gasteiger partial charge is 0.328 e. The molecular weight excluding hydrogens is 393 g/mol. The molecule has 0 saturated heterocycles. The van der Waals surface area contributed by atoms with E-state index in [1.165, 1.54) is 12.8 Å². The topological polar surface area (TPSA) is 38.1 Å². The number of benzene rings is 2. The molecule has 0 unspecified atom stereocenters. The minimum Gasteiger partial charge on any atom is -0.328 e. The number of aromatic nitrogens is 2. The molecule has 0 radical (unpaired) electrons. The third kappa shape index (κ3) is 2.83.